The molecule has 0 aliphatic carbocycles. The minimum Gasteiger partial charge on any atom is -0.489 e. The lowest BCUT2D eigenvalue weighted by Crippen LogP contribution is -2.52. The summed E-state index contributed by atoms with van der Waals surface area (Å²) in [6, 6.07) is 15.3. The van der Waals surface area contributed by atoms with Crippen molar-refractivity contribution in [1.29, 1.82) is 0 Å². The van der Waals surface area contributed by atoms with Gasteiger partial charge in [0.05, 0.1) is 0 Å². The number of aliphatic hydroxyl groups is 1. The van der Waals surface area contributed by atoms with E-state index in [1.807, 2.05) is 30.3 Å². The van der Waals surface area contributed by atoms with Crippen LogP contribution < -0.4 is 10.5 Å². The molecule has 0 aliphatic rings. The Bertz CT molecular complexity index is 615. The van der Waals surface area contributed by atoms with E-state index in [1.54, 1.807) is 6.07 Å². The van der Waals surface area contributed by atoms with Gasteiger partial charge in [-0.05, 0) is 17.7 Å². The Balaban J connectivity index is 2.16. The molecular weight excluding hydrogens is 288 g/mol. The number of nitrogens with two attached hydrogens (primary N) is 1. The van der Waals surface area contributed by atoms with Gasteiger partial charge in [0.25, 0.3) is 5.92 Å². The second-order valence-electron chi connectivity index (χ2n) is 5.13. The number of hydrogen-bond acceptors (Lipinski definition) is 3. The largest absolute Gasteiger partial charge is 0.489 e. The first-order chi connectivity index (χ1) is 10.4. The third-order valence-electron chi connectivity index (χ3n) is 3.52. The predicted octanol–water partition coefficient (Wildman–Crippen LogP) is 3.41. The fourth-order valence-corrected chi connectivity index (χ4v) is 2.04. The van der Waals surface area contributed by atoms with Crippen molar-refractivity contribution in [2.24, 2.45) is 5.73 Å². The number of rotatable bonds is 6. The molecule has 5 heteroatoms. The maximum absolute atomic E-state index is 13.8. The summed E-state index contributed by atoms with van der Waals surface area (Å²) in [6.45, 7) is 1.57. The summed E-state index contributed by atoms with van der Waals surface area (Å²) in [7, 11) is 0. The summed E-state index contributed by atoms with van der Waals surface area (Å²) >= 11 is 0. The van der Waals surface area contributed by atoms with Crippen LogP contribution in [0.4, 0.5) is 8.78 Å². The molecule has 0 amide bonds. The van der Waals surface area contributed by atoms with Crippen molar-refractivity contribution in [2.45, 2.75) is 31.6 Å². The van der Waals surface area contributed by atoms with E-state index < -0.39 is 18.1 Å². The SMILES string of the molecule is CCC(F)(F)[C@](N)(O)c1cccc(OCc2ccccc2)c1. The Morgan fingerprint density at radius 2 is 1.77 bits per heavy atom. The molecule has 0 heterocycles. The number of ether oxygens (including phenoxy) is 1. The Morgan fingerprint density at radius 1 is 1.09 bits per heavy atom. The summed E-state index contributed by atoms with van der Waals surface area (Å²) in [5.74, 6) is -3.05. The van der Waals surface area contributed by atoms with Crippen molar-refractivity contribution in [1.82, 2.24) is 0 Å². The van der Waals surface area contributed by atoms with Crippen molar-refractivity contribution in [3.8, 4) is 5.75 Å². The summed E-state index contributed by atoms with van der Waals surface area (Å²) in [6.07, 6.45) is -0.560. The van der Waals surface area contributed by atoms with Gasteiger partial charge in [-0.3, -0.25) is 5.73 Å². The van der Waals surface area contributed by atoms with Crippen LogP contribution in [0.15, 0.2) is 54.6 Å². The topological polar surface area (TPSA) is 55.5 Å². The number of alkyl halides is 2. The van der Waals surface area contributed by atoms with Gasteiger partial charge in [0.2, 0.25) is 5.72 Å². The molecule has 0 spiro atoms. The van der Waals surface area contributed by atoms with Crippen LogP contribution >= 0.6 is 0 Å². The molecule has 22 heavy (non-hydrogen) atoms. The number of hydrogen-bond donors (Lipinski definition) is 2. The fourth-order valence-electron chi connectivity index (χ4n) is 2.04. The molecule has 2 aromatic carbocycles. The molecule has 0 radical (unpaired) electrons. The Hall–Kier alpha value is -1.98. The molecule has 0 bridgehead atoms. The standard InChI is InChI=1S/C17H19F2NO2/c1-2-16(18,19)17(20,21)14-9-6-10-15(11-14)22-12-13-7-4-3-5-8-13/h3-11,21H,2,12,20H2,1H3/t17-/m1/s1. The predicted molar refractivity (Wildman–Crippen MR) is 80.5 cm³/mol. The van der Waals surface area contributed by atoms with E-state index in [1.165, 1.54) is 25.1 Å². The van der Waals surface area contributed by atoms with Gasteiger partial charge in [-0.1, -0.05) is 49.4 Å². The first kappa shape index (κ1) is 16.4. The van der Waals surface area contributed by atoms with Crippen molar-refractivity contribution in [2.75, 3.05) is 0 Å². The second kappa shape index (κ2) is 6.42. The summed E-state index contributed by atoms with van der Waals surface area (Å²) in [4.78, 5) is 0. The highest BCUT2D eigenvalue weighted by molar-refractivity contribution is 5.33. The average molecular weight is 307 g/mol. The Morgan fingerprint density at radius 3 is 2.41 bits per heavy atom. The first-order valence-electron chi connectivity index (χ1n) is 7.03. The van der Waals surface area contributed by atoms with Crippen molar-refractivity contribution in [3.05, 3.63) is 65.7 Å². The molecule has 2 aromatic rings. The van der Waals surface area contributed by atoms with Crippen LogP contribution in [0.1, 0.15) is 24.5 Å². The van der Waals surface area contributed by atoms with Crippen LogP contribution in [-0.4, -0.2) is 11.0 Å². The zero-order chi connectivity index (χ0) is 16.2. The molecule has 3 nitrogen and oxygen atoms in total. The molecule has 2 rings (SSSR count). The molecule has 0 aliphatic heterocycles. The lowest BCUT2D eigenvalue weighted by molar-refractivity contribution is -0.186. The highest BCUT2D eigenvalue weighted by Gasteiger charge is 2.49. The third kappa shape index (κ3) is 3.43. The lowest BCUT2D eigenvalue weighted by Gasteiger charge is -2.32. The van der Waals surface area contributed by atoms with E-state index in [0.29, 0.717) is 12.4 Å². The van der Waals surface area contributed by atoms with Crippen molar-refractivity contribution < 1.29 is 18.6 Å². The van der Waals surface area contributed by atoms with Crippen LogP contribution in [0.3, 0.4) is 0 Å². The van der Waals surface area contributed by atoms with E-state index in [2.05, 4.69) is 0 Å². The van der Waals surface area contributed by atoms with Gasteiger partial charge in [-0.25, -0.2) is 8.78 Å². The second-order valence-corrected chi connectivity index (χ2v) is 5.13. The minimum absolute atomic E-state index is 0.0788. The quantitative estimate of drug-likeness (QED) is 0.804. The van der Waals surface area contributed by atoms with Crippen LogP contribution in [0.5, 0.6) is 5.75 Å². The van der Waals surface area contributed by atoms with Gasteiger partial charge in [0.1, 0.15) is 12.4 Å². The first-order valence-corrected chi connectivity index (χ1v) is 7.03. The lowest BCUT2D eigenvalue weighted by atomic mass is 9.95. The Labute approximate surface area is 128 Å². The molecule has 0 fully saturated rings. The van der Waals surface area contributed by atoms with E-state index in [9.17, 15) is 13.9 Å². The minimum atomic E-state index is -3.43. The van der Waals surface area contributed by atoms with Gasteiger partial charge in [-0.15, -0.1) is 0 Å². The molecular formula is C17H19F2NO2. The molecule has 0 aromatic heterocycles. The molecule has 3 N–H and O–H groups in total. The van der Waals surface area contributed by atoms with Crippen LogP contribution in [0.25, 0.3) is 0 Å². The van der Waals surface area contributed by atoms with Crippen LogP contribution in [0.2, 0.25) is 0 Å². The van der Waals surface area contributed by atoms with Crippen LogP contribution in [-0.2, 0) is 12.3 Å². The van der Waals surface area contributed by atoms with Gasteiger partial charge in [0.15, 0.2) is 0 Å². The molecule has 118 valence electrons. The van der Waals surface area contributed by atoms with Gasteiger partial charge in [-0.2, -0.15) is 0 Å². The van der Waals surface area contributed by atoms with E-state index in [-0.39, 0.29) is 5.56 Å². The zero-order valence-electron chi connectivity index (χ0n) is 12.3. The fraction of sp³-hybridized carbons (Fsp3) is 0.294. The summed E-state index contributed by atoms with van der Waals surface area (Å²) in [5.41, 5.74) is 3.60. The summed E-state index contributed by atoms with van der Waals surface area (Å²) in [5, 5.41) is 10.00. The van der Waals surface area contributed by atoms with Crippen molar-refractivity contribution in [3.63, 3.8) is 0 Å². The molecule has 0 saturated carbocycles. The Kier molecular flexibility index (Phi) is 4.78. The molecule has 0 unspecified atom stereocenters. The highest BCUT2D eigenvalue weighted by Crippen LogP contribution is 2.36. The highest BCUT2D eigenvalue weighted by atomic mass is 19.3. The molecule has 0 saturated heterocycles. The maximum Gasteiger partial charge on any atom is 0.293 e. The van der Waals surface area contributed by atoms with Crippen LogP contribution in [0, 0.1) is 0 Å². The smallest absolute Gasteiger partial charge is 0.293 e. The molecule has 1 atom stereocenters. The monoisotopic (exact) mass is 307 g/mol. The number of halogens is 2. The van der Waals surface area contributed by atoms with E-state index in [0.717, 1.165) is 5.56 Å². The average Bonchev–Trinajstić information content (AvgIpc) is 2.54. The van der Waals surface area contributed by atoms with Gasteiger partial charge < -0.3 is 9.84 Å². The third-order valence-corrected chi connectivity index (χ3v) is 3.52. The van der Waals surface area contributed by atoms with Gasteiger partial charge >= 0.3 is 0 Å². The normalized spacial score (nSPS) is 14.4. The zero-order valence-corrected chi connectivity index (χ0v) is 12.3. The van der Waals surface area contributed by atoms with E-state index >= 15 is 0 Å². The van der Waals surface area contributed by atoms with E-state index in [4.69, 9.17) is 10.5 Å². The van der Waals surface area contributed by atoms with Gasteiger partial charge in [0, 0.05) is 12.0 Å². The maximum atomic E-state index is 13.8. The van der Waals surface area contributed by atoms with Crippen molar-refractivity contribution >= 4 is 0 Å². The number of benzene rings is 2. The summed E-state index contributed by atoms with van der Waals surface area (Å²) < 4.78 is 33.1.